The zero-order chi connectivity index (χ0) is 30.7. The molecule has 12 nitrogen and oxygen atoms in total. The number of carbonyl (C=O) groups excluding carboxylic acids is 1. The zero-order valence-corrected chi connectivity index (χ0v) is 25.4. The molecule has 1 saturated carbocycles. The fourth-order valence-corrected chi connectivity index (χ4v) is 7.10. The Labute approximate surface area is 251 Å². The smallest absolute Gasteiger partial charge is 0.356 e. The summed E-state index contributed by atoms with van der Waals surface area (Å²) in [6.07, 6.45) is 3.60. The molecule has 2 aromatic carbocycles. The maximum absolute atomic E-state index is 14.1. The highest BCUT2D eigenvalue weighted by Crippen LogP contribution is 2.37. The van der Waals surface area contributed by atoms with Crippen molar-refractivity contribution in [3.8, 4) is 23.1 Å². The number of nitrogens with zero attached hydrogens (tertiary/aromatic N) is 4. The lowest BCUT2D eigenvalue weighted by atomic mass is 10.1. The minimum atomic E-state index is -4.06. The van der Waals surface area contributed by atoms with Gasteiger partial charge in [0, 0.05) is 43.3 Å². The van der Waals surface area contributed by atoms with E-state index in [2.05, 4.69) is 15.3 Å². The van der Waals surface area contributed by atoms with E-state index in [1.54, 1.807) is 37.3 Å². The van der Waals surface area contributed by atoms with Crippen molar-refractivity contribution in [1.82, 2.24) is 19.0 Å². The van der Waals surface area contributed by atoms with Crippen molar-refractivity contribution in [2.45, 2.75) is 44.4 Å². The van der Waals surface area contributed by atoms with E-state index in [0.29, 0.717) is 43.3 Å². The molecule has 2 heterocycles. The molecule has 2 fully saturated rings. The zero-order valence-electron chi connectivity index (χ0n) is 24.6. The van der Waals surface area contributed by atoms with Crippen LogP contribution in [-0.2, 0) is 14.8 Å². The Balaban J connectivity index is 1.56. The van der Waals surface area contributed by atoms with Crippen molar-refractivity contribution in [3.05, 3.63) is 53.7 Å². The first kappa shape index (κ1) is 30.5. The molecule has 230 valence electrons. The number of carboxylic acids is 1. The number of likely N-dealkylation sites (N-methyl/N-ethyl adjacent to an activating group) is 1. The number of hydrogen-bond donors (Lipinski definition) is 2. The molecule has 43 heavy (non-hydrogen) atoms. The summed E-state index contributed by atoms with van der Waals surface area (Å²) in [5, 5.41) is 17.0. The van der Waals surface area contributed by atoms with Gasteiger partial charge < -0.3 is 24.8 Å². The molecule has 2 N–H and O–H groups in total. The number of carbonyl (C=O) groups is 2. The number of benzene rings is 2. The first-order valence-corrected chi connectivity index (χ1v) is 15.9. The Morgan fingerprint density at radius 3 is 2.33 bits per heavy atom. The van der Waals surface area contributed by atoms with Crippen molar-refractivity contribution in [3.63, 3.8) is 0 Å². The second kappa shape index (κ2) is 12.7. The van der Waals surface area contributed by atoms with Crippen LogP contribution >= 0.6 is 0 Å². The molecule has 1 aliphatic heterocycles. The quantitative estimate of drug-likeness (QED) is 0.346. The minimum Gasteiger partial charge on any atom is -0.497 e. The van der Waals surface area contributed by atoms with E-state index in [9.17, 15) is 23.1 Å². The van der Waals surface area contributed by atoms with Gasteiger partial charge in [0.2, 0.25) is 21.8 Å². The van der Waals surface area contributed by atoms with E-state index < -0.39 is 16.0 Å². The monoisotopic (exact) mass is 611 g/mol. The van der Waals surface area contributed by atoms with Crippen molar-refractivity contribution in [2.75, 3.05) is 45.2 Å². The molecule has 5 rings (SSSR count). The predicted octanol–water partition coefficient (Wildman–Crippen LogP) is 4.13. The van der Waals surface area contributed by atoms with E-state index in [1.165, 1.54) is 28.2 Å². The Morgan fingerprint density at radius 2 is 1.72 bits per heavy atom. The SMILES string of the molecule is CCN1CCN(S(=O)(=O)c2cc(NC(=O)C3CCCC3)ccc2Oc2c(C)c(C(=O)O)nn2-c2ccc(OC)cc2)CC1. The lowest BCUT2D eigenvalue weighted by Crippen LogP contribution is -2.48. The fraction of sp³-hybridized carbons (Fsp3) is 0.433. The van der Waals surface area contributed by atoms with E-state index >= 15 is 0 Å². The van der Waals surface area contributed by atoms with Gasteiger partial charge in [-0.25, -0.2) is 13.2 Å². The van der Waals surface area contributed by atoms with Crippen molar-refractivity contribution >= 4 is 27.6 Å². The van der Waals surface area contributed by atoms with Gasteiger partial charge in [-0.2, -0.15) is 14.1 Å². The lowest BCUT2D eigenvalue weighted by molar-refractivity contribution is -0.119. The summed E-state index contributed by atoms with van der Waals surface area (Å²) in [4.78, 5) is 27.0. The second-order valence-electron chi connectivity index (χ2n) is 10.8. The average molecular weight is 612 g/mol. The van der Waals surface area contributed by atoms with E-state index in [-0.39, 0.29) is 39.6 Å². The van der Waals surface area contributed by atoms with Crippen molar-refractivity contribution in [2.24, 2.45) is 5.92 Å². The van der Waals surface area contributed by atoms with Crippen LogP contribution in [0.25, 0.3) is 5.69 Å². The minimum absolute atomic E-state index is 0.00788. The van der Waals surface area contributed by atoms with Crippen LogP contribution < -0.4 is 14.8 Å². The number of anilines is 1. The first-order chi connectivity index (χ1) is 20.6. The van der Waals surface area contributed by atoms with Gasteiger partial charge in [-0.05, 0) is 68.8 Å². The van der Waals surface area contributed by atoms with Crippen LogP contribution in [0, 0.1) is 12.8 Å². The molecular weight excluding hydrogens is 574 g/mol. The third kappa shape index (κ3) is 6.38. The number of sulfonamides is 1. The van der Waals surface area contributed by atoms with Gasteiger partial charge in [0.15, 0.2) is 5.69 Å². The number of aromatic nitrogens is 2. The Kier molecular flexibility index (Phi) is 9.04. The number of hydrogen-bond acceptors (Lipinski definition) is 8. The molecule has 0 bridgehead atoms. The van der Waals surface area contributed by atoms with Gasteiger partial charge in [-0.3, -0.25) is 4.79 Å². The summed E-state index contributed by atoms with van der Waals surface area (Å²) in [5.74, 6) is -0.842. The van der Waals surface area contributed by atoms with Crippen LogP contribution in [0.2, 0.25) is 0 Å². The molecule has 0 radical (unpaired) electrons. The Bertz CT molecular complexity index is 1590. The summed E-state index contributed by atoms with van der Waals surface area (Å²) >= 11 is 0. The van der Waals surface area contributed by atoms with E-state index in [1.807, 2.05) is 6.92 Å². The summed E-state index contributed by atoms with van der Waals surface area (Å²) in [7, 11) is -2.53. The van der Waals surface area contributed by atoms with Gasteiger partial charge in [0.05, 0.1) is 12.8 Å². The predicted molar refractivity (Wildman–Crippen MR) is 160 cm³/mol. The van der Waals surface area contributed by atoms with Gasteiger partial charge in [0.25, 0.3) is 0 Å². The van der Waals surface area contributed by atoms with Crippen molar-refractivity contribution in [1.29, 1.82) is 0 Å². The third-order valence-corrected chi connectivity index (χ3v) is 10.0. The number of amides is 1. The number of rotatable bonds is 10. The number of carboxylic acid groups (broad SMARTS) is 1. The van der Waals surface area contributed by atoms with Gasteiger partial charge >= 0.3 is 5.97 Å². The van der Waals surface area contributed by atoms with Gasteiger partial charge in [-0.15, -0.1) is 0 Å². The largest absolute Gasteiger partial charge is 0.497 e. The van der Waals surface area contributed by atoms with Crippen molar-refractivity contribution < 1.29 is 32.6 Å². The van der Waals surface area contributed by atoms with E-state index in [0.717, 1.165) is 32.2 Å². The number of ether oxygens (including phenoxy) is 2. The number of nitrogens with one attached hydrogen (secondary N) is 1. The summed E-state index contributed by atoms with van der Waals surface area (Å²) in [6, 6.07) is 11.3. The maximum Gasteiger partial charge on any atom is 0.356 e. The number of aromatic carboxylic acids is 1. The molecule has 1 amide bonds. The lowest BCUT2D eigenvalue weighted by Gasteiger charge is -2.33. The fourth-order valence-electron chi connectivity index (χ4n) is 5.54. The highest BCUT2D eigenvalue weighted by atomic mass is 32.2. The third-order valence-electron chi connectivity index (χ3n) is 8.13. The van der Waals surface area contributed by atoms with Crippen LogP contribution in [0.4, 0.5) is 5.69 Å². The Hall–Kier alpha value is -3.94. The van der Waals surface area contributed by atoms with Crippen LogP contribution in [0.15, 0.2) is 47.4 Å². The highest BCUT2D eigenvalue weighted by molar-refractivity contribution is 7.89. The molecule has 0 atom stereocenters. The highest BCUT2D eigenvalue weighted by Gasteiger charge is 2.33. The molecule has 3 aromatic rings. The van der Waals surface area contributed by atoms with Gasteiger partial charge in [0.1, 0.15) is 16.4 Å². The summed E-state index contributed by atoms with van der Waals surface area (Å²) < 4.78 is 42.4. The van der Waals surface area contributed by atoms with Crippen LogP contribution in [0.5, 0.6) is 17.4 Å². The number of piperazine rings is 1. The normalized spacial score (nSPS) is 16.7. The number of methoxy groups -OCH3 is 1. The molecule has 1 aromatic heterocycles. The second-order valence-corrected chi connectivity index (χ2v) is 12.7. The Morgan fingerprint density at radius 1 is 1.05 bits per heavy atom. The molecule has 13 heteroatoms. The molecule has 1 aliphatic carbocycles. The summed E-state index contributed by atoms with van der Waals surface area (Å²) in [5.41, 5.74) is 0.835. The topological polar surface area (TPSA) is 143 Å². The average Bonchev–Trinajstić information content (AvgIpc) is 3.67. The molecule has 2 aliphatic rings. The maximum atomic E-state index is 14.1. The van der Waals surface area contributed by atoms with Gasteiger partial charge in [-0.1, -0.05) is 19.8 Å². The van der Waals surface area contributed by atoms with E-state index in [4.69, 9.17) is 9.47 Å². The van der Waals surface area contributed by atoms with Crippen LogP contribution in [0.3, 0.4) is 0 Å². The molecule has 1 saturated heterocycles. The molecule has 0 spiro atoms. The standard InChI is InChI=1S/C30H37N5O7S/c1-4-33-15-17-34(18-16-33)43(39,40)26-19-22(31-28(36)21-7-5-6-8-21)9-14-25(26)42-29-20(2)27(30(37)38)32-35(29)23-10-12-24(41-3)13-11-23/h9-14,19,21H,4-8,15-18H2,1-3H3,(H,31,36)(H,37,38). The summed E-state index contributed by atoms with van der Waals surface area (Å²) in [6.45, 7) is 6.21. The first-order valence-electron chi connectivity index (χ1n) is 14.4. The molecular formula is C30H37N5O7S. The van der Waals surface area contributed by atoms with Crippen LogP contribution in [-0.4, -0.2) is 84.2 Å². The van der Waals surface area contributed by atoms with Crippen LogP contribution in [0.1, 0.15) is 48.7 Å². The molecule has 0 unspecified atom stereocenters.